The Morgan fingerprint density at radius 1 is 1.53 bits per heavy atom. The molecule has 0 saturated carbocycles. The van der Waals surface area contributed by atoms with Gasteiger partial charge in [0, 0.05) is 11.4 Å². The Morgan fingerprint density at radius 2 is 2.29 bits per heavy atom. The topological polar surface area (TPSA) is 38.3 Å². The molecule has 0 spiro atoms. The number of carbonyl (C=O) groups is 1. The highest BCUT2D eigenvalue weighted by Crippen LogP contribution is 2.22. The number of benzene rings is 1. The van der Waals surface area contributed by atoms with E-state index in [2.05, 4.69) is 10.1 Å². The van der Waals surface area contributed by atoms with Gasteiger partial charge in [-0.25, -0.2) is 4.39 Å². The van der Waals surface area contributed by atoms with Crippen molar-refractivity contribution in [3.8, 4) is 0 Å². The quantitative estimate of drug-likeness (QED) is 0.626. The first-order valence-electron chi connectivity index (χ1n) is 5.36. The van der Waals surface area contributed by atoms with Gasteiger partial charge >= 0.3 is 5.97 Å². The van der Waals surface area contributed by atoms with Crippen LogP contribution in [0.25, 0.3) is 0 Å². The molecule has 0 heterocycles. The molecule has 0 aliphatic carbocycles. The summed E-state index contributed by atoms with van der Waals surface area (Å²) in [5, 5.41) is 3.12. The maximum Gasteiger partial charge on any atom is 0.315 e. The first-order chi connectivity index (χ1) is 8.17. The molecule has 0 fully saturated rings. The lowest BCUT2D eigenvalue weighted by Crippen LogP contribution is -2.11. The summed E-state index contributed by atoms with van der Waals surface area (Å²) in [6.45, 7) is 3.49. The second-order valence-corrected chi connectivity index (χ2v) is 4.43. The number of halogens is 1. The van der Waals surface area contributed by atoms with Crippen molar-refractivity contribution in [3.05, 3.63) is 29.6 Å². The van der Waals surface area contributed by atoms with Crippen molar-refractivity contribution in [1.82, 2.24) is 5.32 Å². The van der Waals surface area contributed by atoms with Crippen molar-refractivity contribution in [3.63, 3.8) is 0 Å². The smallest absolute Gasteiger partial charge is 0.315 e. The molecule has 94 valence electrons. The van der Waals surface area contributed by atoms with E-state index in [9.17, 15) is 9.18 Å². The van der Waals surface area contributed by atoms with Crippen LogP contribution in [0.1, 0.15) is 12.5 Å². The van der Waals surface area contributed by atoms with E-state index in [1.54, 1.807) is 6.07 Å². The molecule has 0 aromatic heterocycles. The van der Waals surface area contributed by atoms with Crippen LogP contribution in [-0.4, -0.2) is 25.4 Å². The number of hydrogen-bond acceptors (Lipinski definition) is 4. The van der Waals surface area contributed by atoms with Crippen LogP contribution < -0.4 is 5.32 Å². The van der Waals surface area contributed by atoms with Crippen LogP contribution in [0.5, 0.6) is 0 Å². The van der Waals surface area contributed by atoms with Crippen LogP contribution in [0.15, 0.2) is 23.1 Å². The van der Waals surface area contributed by atoms with Gasteiger partial charge in [-0.3, -0.25) is 4.79 Å². The van der Waals surface area contributed by atoms with Crippen molar-refractivity contribution in [2.75, 3.05) is 19.4 Å². The molecule has 0 unspecified atom stereocenters. The zero-order valence-corrected chi connectivity index (χ0v) is 10.8. The number of esters is 1. The van der Waals surface area contributed by atoms with E-state index in [4.69, 9.17) is 0 Å². The lowest BCUT2D eigenvalue weighted by Gasteiger charge is -2.06. The lowest BCUT2D eigenvalue weighted by atomic mass is 10.2. The third kappa shape index (κ3) is 4.75. The molecule has 0 amide bonds. The maximum atomic E-state index is 13.6. The fourth-order valence-corrected chi connectivity index (χ4v) is 1.99. The molecule has 1 aromatic rings. The fraction of sp³-hybridized carbons (Fsp3) is 0.417. The van der Waals surface area contributed by atoms with Gasteiger partial charge in [0.2, 0.25) is 0 Å². The van der Waals surface area contributed by atoms with Gasteiger partial charge in [-0.2, -0.15) is 0 Å². The number of carbonyl (C=O) groups excluding carboxylic acids is 1. The largest absolute Gasteiger partial charge is 0.468 e. The van der Waals surface area contributed by atoms with Crippen LogP contribution in [0.4, 0.5) is 4.39 Å². The van der Waals surface area contributed by atoms with Gasteiger partial charge in [0.25, 0.3) is 0 Å². The molecular formula is C12H16FNO2S. The van der Waals surface area contributed by atoms with Crippen molar-refractivity contribution >= 4 is 17.7 Å². The Labute approximate surface area is 105 Å². The highest BCUT2D eigenvalue weighted by Gasteiger charge is 2.07. The highest BCUT2D eigenvalue weighted by molar-refractivity contribution is 8.00. The predicted octanol–water partition coefficient (Wildman–Crippen LogP) is 2.20. The number of thioether (sulfide) groups is 1. The molecule has 17 heavy (non-hydrogen) atoms. The minimum atomic E-state index is -0.355. The van der Waals surface area contributed by atoms with E-state index in [1.807, 2.05) is 13.0 Å². The number of hydrogen-bond donors (Lipinski definition) is 1. The molecule has 1 rings (SSSR count). The van der Waals surface area contributed by atoms with Crippen LogP contribution in [0.3, 0.4) is 0 Å². The van der Waals surface area contributed by atoms with Gasteiger partial charge in [0.05, 0.1) is 12.9 Å². The predicted molar refractivity (Wildman–Crippen MR) is 66.5 cm³/mol. The summed E-state index contributed by atoms with van der Waals surface area (Å²) in [5.41, 5.74) is 0.895. The molecule has 5 heteroatoms. The monoisotopic (exact) mass is 257 g/mol. The van der Waals surface area contributed by atoms with Gasteiger partial charge in [-0.1, -0.05) is 13.0 Å². The van der Waals surface area contributed by atoms with Crippen molar-refractivity contribution in [1.29, 1.82) is 0 Å². The Bertz CT molecular complexity index is 385. The molecule has 1 aromatic carbocycles. The molecule has 0 aliphatic heterocycles. The molecule has 0 bridgehead atoms. The SMILES string of the molecule is CCNCc1ccc(SCC(=O)OC)c(F)c1. The third-order valence-electron chi connectivity index (χ3n) is 2.15. The summed E-state index contributed by atoms with van der Waals surface area (Å²) >= 11 is 1.14. The summed E-state index contributed by atoms with van der Waals surface area (Å²) in [4.78, 5) is 11.4. The molecule has 0 aliphatic rings. The van der Waals surface area contributed by atoms with E-state index in [0.717, 1.165) is 23.9 Å². The Morgan fingerprint density at radius 3 is 2.88 bits per heavy atom. The first-order valence-corrected chi connectivity index (χ1v) is 6.34. The normalized spacial score (nSPS) is 10.3. The maximum absolute atomic E-state index is 13.6. The van der Waals surface area contributed by atoms with E-state index < -0.39 is 0 Å². The molecule has 1 N–H and O–H groups in total. The number of ether oxygens (including phenoxy) is 1. The van der Waals surface area contributed by atoms with Gasteiger partial charge < -0.3 is 10.1 Å². The second kappa shape index (κ2) is 7.29. The van der Waals surface area contributed by atoms with Crippen molar-refractivity contribution < 1.29 is 13.9 Å². The lowest BCUT2D eigenvalue weighted by molar-refractivity contribution is -0.137. The number of rotatable bonds is 6. The zero-order valence-electron chi connectivity index (χ0n) is 9.96. The molecule has 3 nitrogen and oxygen atoms in total. The van der Waals surface area contributed by atoms with Crippen LogP contribution in [0.2, 0.25) is 0 Å². The van der Waals surface area contributed by atoms with E-state index in [0.29, 0.717) is 11.4 Å². The Kier molecular flexibility index (Phi) is 6.00. The summed E-state index contributed by atoms with van der Waals surface area (Å²) in [7, 11) is 1.32. The number of methoxy groups -OCH3 is 1. The van der Waals surface area contributed by atoms with Crippen molar-refractivity contribution in [2.24, 2.45) is 0 Å². The van der Waals surface area contributed by atoms with Crippen LogP contribution in [-0.2, 0) is 16.1 Å². The summed E-state index contributed by atoms with van der Waals surface area (Å²) in [5.74, 6) is -0.527. The fourth-order valence-electron chi connectivity index (χ4n) is 1.24. The average molecular weight is 257 g/mol. The summed E-state index contributed by atoms with van der Waals surface area (Å²) in [6, 6.07) is 5.03. The highest BCUT2D eigenvalue weighted by atomic mass is 32.2. The average Bonchev–Trinajstić information content (AvgIpc) is 2.34. The Balaban J connectivity index is 2.59. The van der Waals surface area contributed by atoms with Gasteiger partial charge in [0.1, 0.15) is 5.82 Å². The summed E-state index contributed by atoms with van der Waals surface area (Å²) < 4.78 is 18.1. The zero-order chi connectivity index (χ0) is 12.7. The first kappa shape index (κ1) is 14.0. The van der Waals surface area contributed by atoms with E-state index in [1.165, 1.54) is 13.2 Å². The molecular weight excluding hydrogens is 241 g/mol. The number of nitrogens with one attached hydrogen (secondary N) is 1. The van der Waals surface area contributed by atoms with Gasteiger partial charge in [-0.05, 0) is 24.2 Å². The minimum absolute atomic E-state index is 0.125. The molecule has 0 radical (unpaired) electrons. The van der Waals surface area contributed by atoms with E-state index >= 15 is 0 Å². The minimum Gasteiger partial charge on any atom is -0.468 e. The molecule has 0 saturated heterocycles. The van der Waals surface area contributed by atoms with Crippen LogP contribution >= 0.6 is 11.8 Å². The van der Waals surface area contributed by atoms with Crippen molar-refractivity contribution in [2.45, 2.75) is 18.4 Å². The van der Waals surface area contributed by atoms with Crippen LogP contribution in [0, 0.1) is 5.82 Å². The Hall–Kier alpha value is -1.07. The standard InChI is InChI=1S/C12H16FNO2S/c1-3-14-7-9-4-5-11(10(13)6-9)17-8-12(15)16-2/h4-6,14H,3,7-8H2,1-2H3. The second-order valence-electron chi connectivity index (χ2n) is 3.41. The van der Waals surface area contributed by atoms with Gasteiger partial charge in [-0.15, -0.1) is 11.8 Å². The third-order valence-corrected chi connectivity index (χ3v) is 3.17. The molecule has 0 atom stereocenters. The van der Waals surface area contributed by atoms with Gasteiger partial charge in [0.15, 0.2) is 0 Å². The van der Waals surface area contributed by atoms with E-state index in [-0.39, 0.29) is 17.5 Å². The summed E-state index contributed by atoms with van der Waals surface area (Å²) in [6.07, 6.45) is 0.